The van der Waals surface area contributed by atoms with Crippen molar-refractivity contribution in [1.82, 2.24) is 14.8 Å². The molecule has 1 amide bonds. The number of para-hydroxylation sites is 1. The third-order valence-corrected chi connectivity index (χ3v) is 6.64. The van der Waals surface area contributed by atoms with E-state index in [1.807, 2.05) is 66.7 Å². The SMILES string of the molecule is COc1ccccc1-c1cc(C(=O)N(OC(C)=O)C2CCCCC2)nn1-c1cccc2ccccc12. The summed E-state index contributed by atoms with van der Waals surface area (Å²) in [7, 11) is 1.62. The summed E-state index contributed by atoms with van der Waals surface area (Å²) < 4.78 is 7.42. The number of methoxy groups -OCH3 is 1. The summed E-state index contributed by atoms with van der Waals surface area (Å²) in [5.41, 5.74) is 2.55. The van der Waals surface area contributed by atoms with Crippen LogP contribution in [0, 0.1) is 0 Å². The van der Waals surface area contributed by atoms with Gasteiger partial charge in [-0.15, -0.1) is 0 Å². The Labute approximate surface area is 210 Å². The van der Waals surface area contributed by atoms with Crippen molar-refractivity contribution in [2.45, 2.75) is 45.1 Å². The van der Waals surface area contributed by atoms with Crippen molar-refractivity contribution in [2.24, 2.45) is 0 Å². The Bertz CT molecular complexity index is 1400. The quantitative estimate of drug-likeness (QED) is 0.328. The molecule has 1 aliphatic carbocycles. The van der Waals surface area contributed by atoms with Crippen molar-refractivity contribution in [1.29, 1.82) is 0 Å². The van der Waals surface area contributed by atoms with Crippen LogP contribution in [0.2, 0.25) is 0 Å². The monoisotopic (exact) mass is 483 g/mol. The van der Waals surface area contributed by atoms with Gasteiger partial charge in [0, 0.05) is 17.9 Å². The average molecular weight is 484 g/mol. The highest BCUT2D eigenvalue weighted by atomic mass is 16.7. The van der Waals surface area contributed by atoms with Gasteiger partial charge in [0.1, 0.15) is 5.75 Å². The maximum atomic E-state index is 13.8. The first-order valence-corrected chi connectivity index (χ1v) is 12.3. The predicted molar refractivity (Wildman–Crippen MR) is 138 cm³/mol. The fourth-order valence-electron chi connectivity index (χ4n) is 4.96. The summed E-state index contributed by atoms with van der Waals surface area (Å²) in [6.45, 7) is 1.32. The van der Waals surface area contributed by atoms with Crippen molar-refractivity contribution >= 4 is 22.6 Å². The second-order valence-electron chi connectivity index (χ2n) is 9.03. The second-order valence-corrected chi connectivity index (χ2v) is 9.03. The van der Waals surface area contributed by atoms with E-state index >= 15 is 0 Å². The third kappa shape index (κ3) is 4.56. The molecule has 3 aromatic carbocycles. The van der Waals surface area contributed by atoms with Gasteiger partial charge >= 0.3 is 11.9 Å². The van der Waals surface area contributed by atoms with E-state index in [9.17, 15) is 9.59 Å². The lowest BCUT2D eigenvalue weighted by atomic mass is 9.95. The summed E-state index contributed by atoms with van der Waals surface area (Å²) in [5, 5.41) is 8.09. The van der Waals surface area contributed by atoms with E-state index < -0.39 is 11.9 Å². The molecule has 5 rings (SSSR count). The zero-order valence-electron chi connectivity index (χ0n) is 20.5. The van der Waals surface area contributed by atoms with Crippen molar-refractivity contribution < 1.29 is 19.2 Å². The Kier molecular flexibility index (Phi) is 6.71. The number of nitrogens with zero attached hydrogens (tertiary/aromatic N) is 3. The molecule has 7 heteroatoms. The van der Waals surface area contributed by atoms with E-state index in [1.54, 1.807) is 17.9 Å². The minimum absolute atomic E-state index is 0.160. The lowest BCUT2D eigenvalue weighted by Gasteiger charge is -2.31. The van der Waals surface area contributed by atoms with Crippen LogP contribution in [0.4, 0.5) is 0 Å². The van der Waals surface area contributed by atoms with Crippen LogP contribution in [0.15, 0.2) is 72.8 Å². The molecular formula is C29H29N3O4. The van der Waals surface area contributed by atoms with Crippen LogP contribution < -0.4 is 4.74 Å². The molecule has 0 aliphatic heterocycles. The van der Waals surface area contributed by atoms with Gasteiger partial charge in [-0.25, -0.2) is 4.68 Å². The lowest BCUT2D eigenvalue weighted by molar-refractivity contribution is -0.185. The van der Waals surface area contributed by atoms with Crippen LogP contribution in [0.25, 0.3) is 27.7 Å². The van der Waals surface area contributed by atoms with Crippen LogP contribution in [-0.2, 0) is 9.63 Å². The average Bonchev–Trinajstić information content (AvgIpc) is 3.36. The lowest BCUT2D eigenvalue weighted by Crippen LogP contribution is -2.42. The molecule has 0 bridgehead atoms. The number of amides is 1. The van der Waals surface area contributed by atoms with Crippen LogP contribution in [0.3, 0.4) is 0 Å². The molecule has 4 aromatic rings. The first kappa shape index (κ1) is 23.6. The molecule has 1 aliphatic rings. The fraction of sp³-hybridized carbons (Fsp3) is 0.276. The van der Waals surface area contributed by atoms with E-state index in [0.29, 0.717) is 11.4 Å². The van der Waals surface area contributed by atoms with Gasteiger partial charge in [-0.1, -0.05) is 67.8 Å². The molecule has 0 atom stereocenters. The van der Waals surface area contributed by atoms with E-state index in [4.69, 9.17) is 14.7 Å². The molecule has 0 saturated heterocycles. The Balaban J connectivity index is 1.67. The van der Waals surface area contributed by atoms with Gasteiger partial charge in [0.05, 0.1) is 24.5 Å². The van der Waals surface area contributed by atoms with Gasteiger partial charge in [-0.05, 0) is 42.5 Å². The smallest absolute Gasteiger partial charge is 0.329 e. The molecule has 1 saturated carbocycles. The number of aromatic nitrogens is 2. The molecule has 0 unspecified atom stereocenters. The molecule has 1 heterocycles. The van der Waals surface area contributed by atoms with Gasteiger partial charge < -0.3 is 9.57 Å². The highest BCUT2D eigenvalue weighted by Gasteiger charge is 2.32. The fourth-order valence-corrected chi connectivity index (χ4v) is 4.96. The third-order valence-electron chi connectivity index (χ3n) is 6.64. The normalized spacial score (nSPS) is 13.9. The number of hydrogen-bond donors (Lipinski definition) is 0. The van der Waals surface area contributed by atoms with Crippen molar-refractivity contribution in [3.05, 3.63) is 78.5 Å². The van der Waals surface area contributed by atoms with Gasteiger partial charge in [0.15, 0.2) is 5.69 Å². The summed E-state index contributed by atoms with van der Waals surface area (Å²) >= 11 is 0. The molecule has 0 N–H and O–H groups in total. The molecule has 1 fully saturated rings. The van der Waals surface area contributed by atoms with E-state index in [0.717, 1.165) is 54.1 Å². The largest absolute Gasteiger partial charge is 0.496 e. The summed E-state index contributed by atoms with van der Waals surface area (Å²) in [5.74, 6) is -0.276. The van der Waals surface area contributed by atoms with Crippen molar-refractivity contribution in [3.63, 3.8) is 0 Å². The van der Waals surface area contributed by atoms with Gasteiger partial charge in [0.2, 0.25) is 0 Å². The first-order valence-electron chi connectivity index (χ1n) is 12.3. The molecule has 36 heavy (non-hydrogen) atoms. The Morgan fingerprint density at radius 2 is 1.67 bits per heavy atom. The Hall–Kier alpha value is -4.13. The number of hydroxylamine groups is 2. The zero-order chi connectivity index (χ0) is 25.1. The van der Waals surface area contributed by atoms with E-state index in [2.05, 4.69) is 0 Å². The zero-order valence-corrected chi connectivity index (χ0v) is 20.5. The number of ether oxygens (including phenoxy) is 1. The predicted octanol–water partition coefficient (Wildman–Crippen LogP) is 5.95. The number of benzene rings is 3. The van der Waals surface area contributed by atoms with Crippen LogP contribution in [0.1, 0.15) is 49.5 Å². The van der Waals surface area contributed by atoms with E-state index in [1.165, 1.54) is 12.0 Å². The van der Waals surface area contributed by atoms with Gasteiger partial charge in [0.25, 0.3) is 0 Å². The Morgan fingerprint density at radius 1 is 0.944 bits per heavy atom. The molecule has 7 nitrogen and oxygen atoms in total. The first-order chi connectivity index (χ1) is 17.6. The van der Waals surface area contributed by atoms with Crippen molar-refractivity contribution in [3.8, 4) is 22.7 Å². The van der Waals surface area contributed by atoms with Crippen LogP contribution >= 0.6 is 0 Å². The summed E-state index contributed by atoms with van der Waals surface area (Å²) in [6, 6.07) is 23.3. The number of carbonyl (C=O) groups is 2. The molecule has 1 aromatic heterocycles. The molecule has 184 valence electrons. The number of hydrogen-bond acceptors (Lipinski definition) is 5. The van der Waals surface area contributed by atoms with Gasteiger partial charge in [-0.2, -0.15) is 10.2 Å². The molecular weight excluding hydrogens is 454 g/mol. The molecule has 0 radical (unpaired) electrons. The highest BCUT2D eigenvalue weighted by Crippen LogP contribution is 2.34. The minimum Gasteiger partial charge on any atom is -0.496 e. The van der Waals surface area contributed by atoms with Gasteiger partial charge in [-0.3, -0.25) is 9.59 Å². The second kappa shape index (κ2) is 10.2. The van der Waals surface area contributed by atoms with Crippen LogP contribution in [-0.4, -0.2) is 39.9 Å². The maximum absolute atomic E-state index is 13.8. The maximum Gasteiger partial charge on any atom is 0.329 e. The summed E-state index contributed by atoms with van der Waals surface area (Å²) in [4.78, 5) is 31.1. The van der Waals surface area contributed by atoms with Crippen LogP contribution in [0.5, 0.6) is 5.75 Å². The number of rotatable bonds is 5. The standard InChI is InChI=1S/C29H29N3O4/c1-20(33)36-32(22-13-4-3-5-14-22)29(34)25-19-27(24-16-8-9-18-28(24)35-2)31(30-25)26-17-10-12-21-11-6-7-15-23(21)26/h6-12,15-19,22H,3-5,13-14H2,1-2H3. The molecule has 0 spiro atoms. The van der Waals surface area contributed by atoms with E-state index in [-0.39, 0.29) is 11.7 Å². The minimum atomic E-state index is -0.521. The number of fused-ring (bicyclic) bond motifs is 1. The van der Waals surface area contributed by atoms with Crippen molar-refractivity contribution in [2.75, 3.05) is 7.11 Å². The summed E-state index contributed by atoms with van der Waals surface area (Å²) in [6.07, 6.45) is 4.69. The topological polar surface area (TPSA) is 73.7 Å². The highest BCUT2D eigenvalue weighted by molar-refractivity contribution is 5.95. The Morgan fingerprint density at radius 3 is 2.44 bits per heavy atom. The number of carbonyl (C=O) groups excluding carboxylic acids is 2.